The van der Waals surface area contributed by atoms with Crippen molar-refractivity contribution in [2.24, 2.45) is 5.73 Å². The van der Waals surface area contributed by atoms with E-state index in [0.29, 0.717) is 17.7 Å². The van der Waals surface area contributed by atoms with Gasteiger partial charge < -0.3 is 20.9 Å². The van der Waals surface area contributed by atoms with E-state index in [4.69, 9.17) is 10.5 Å². The Bertz CT molecular complexity index is 771. The Hall–Kier alpha value is -2.44. The maximum absolute atomic E-state index is 12.5. The summed E-state index contributed by atoms with van der Waals surface area (Å²) in [6, 6.07) is 10.5. The molecule has 0 saturated heterocycles. The molecule has 0 fully saturated rings. The van der Waals surface area contributed by atoms with Crippen LogP contribution in [0.2, 0.25) is 0 Å². The van der Waals surface area contributed by atoms with Crippen LogP contribution in [0.3, 0.4) is 0 Å². The number of carbonyl (C=O) groups excluding carboxylic acids is 1. The molecule has 0 aliphatic heterocycles. The van der Waals surface area contributed by atoms with Crippen LogP contribution in [0, 0.1) is 0 Å². The molecule has 0 bridgehead atoms. The normalized spacial score (nSPS) is 13.7. The van der Waals surface area contributed by atoms with E-state index < -0.39 is 12.1 Å². The topological polar surface area (TPSA) is 97.5 Å². The zero-order valence-corrected chi connectivity index (χ0v) is 16.4. The number of hydrogen-bond donors (Lipinski definition) is 3. The molecule has 0 spiro atoms. The molecule has 27 heavy (non-hydrogen) atoms. The third-order valence-electron chi connectivity index (χ3n) is 4.17. The Kier molecular flexibility index (Phi) is 6.93. The molecule has 1 aromatic heterocycles. The van der Waals surface area contributed by atoms with Gasteiger partial charge in [0.15, 0.2) is 0 Å². The van der Waals surface area contributed by atoms with E-state index in [1.165, 1.54) is 0 Å². The Balaban J connectivity index is 2.11. The number of ether oxygens (including phenoxy) is 1. The molecule has 4 N–H and O–H groups in total. The zero-order valence-electron chi connectivity index (χ0n) is 16.4. The van der Waals surface area contributed by atoms with Gasteiger partial charge in [-0.1, -0.05) is 18.2 Å². The number of aliphatic hydroxyl groups is 1. The summed E-state index contributed by atoms with van der Waals surface area (Å²) < 4.78 is 5.34. The molecule has 0 saturated carbocycles. The quantitative estimate of drug-likeness (QED) is 0.692. The van der Waals surface area contributed by atoms with Gasteiger partial charge in [-0.3, -0.25) is 9.78 Å². The third kappa shape index (κ3) is 6.05. The highest BCUT2D eigenvalue weighted by Gasteiger charge is 2.23. The van der Waals surface area contributed by atoms with Crippen LogP contribution >= 0.6 is 0 Å². The molecule has 2 unspecified atom stereocenters. The van der Waals surface area contributed by atoms with Crippen LogP contribution in [-0.4, -0.2) is 40.8 Å². The molecule has 0 aliphatic carbocycles. The highest BCUT2D eigenvalue weighted by atomic mass is 16.5. The van der Waals surface area contributed by atoms with Gasteiger partial charge in [-0.05, 0) is 51.0 Å². The summed E-state index contributed by atoms with van der Waals surface area (Å²) in [5, 5.41) is 13.5. The maximum atomic E-state index is 12.5. The first kappa shape index (κ1) is 20.9. The molecule has 0 aliphatic rings. The number of carbonyl (C=O) groups is 1. The number of benzene rings is 1. The molecule has 6 nitrogen and oxygen atoms in total. The summed E-state index contributed by atoms with van der Waals surface area (Å²) in [5.74, 6) is 0.527. The lowest BCUT2D eigenvalue weighted by molar-refractivity contribution is 0.0916. The molecule has 2 rings (SSSR count). The SMILES string of the molecule is COc1ccccc1CC(N)C(O)Cc1ncccc1C(=O)NC(C)(C)C. The van der Waals surface area contributed by atoms with Crippen LogP contribution in [-0.2, 0) is 12.8 Å². The van der Waals surface area contributed by atoms with Crippen LogP contribution in [0.1, 0.15) is 42.4 Å². The fourth-order valence-electron chi connectivity index (χ4n) is 2.83. The summed E-state index contributed by atoms with van der Waals surface area (Å²) in [4.78, 5) is 16.8. The molecular formula is C21H29N3O3. The highest BCUT2D eigenvalue weighted by Crippen LogP contribution is 2.20. The van der Waals surface area contributed by atoms with E-state index in [1.807, 2.05) is 45.0 Å². The first-order valence-electron chi connectivity index (χ1n) is 9.03. The van der Waals surface area contributed by atoms with Crippen LogP contribution in [0.5, 0.6) is 5.75 Å². The van der Waals surface area contributed by atoms with Gasteiger partial charge in [-0.2, -0.15) is 0 Å². The Morgan fingerprint density at radius 3 is 2.59 bits per heavy atom. The standard InChI is InChI=1S/C21H29N3O3/c1-21(2,3)24-20(26)15-9-7-11-23-17(15)13-18(25)16(22)12-14-8-5-6-10-19(14)27-4/h5-11,16,18,25H,12-13,22H2,1-4H3,(H,24,26). The van der Waals surface area contributed by atoms with E-state index in [-0.39, 0.29) is 17.9 Å². The Morgan fingerprint density at radius 2 is 1.93 bits per heavy atom. The predicted octanol–water partition coefficient (Wildman–Crippen LogP) is 2.09. The van der Waals surface area contributed by atoms with Crippen LogP contribution in [0.4, 0.5) is 0 Å². The van der Waals surface area contributed by atoms with E-state index in [0.717, 1.165) is 11.3 Å². The van der Waals surface area contributed by atoms with E-state index >= 15 is 0 Å². The lowest BCUT2D eigenvalue weighted by Gasteiger charge is -2.23. The summed E-state index contributed by atoms with van der Waals surface area (Å²) in [6.07, 6.45) is 1.43. The number of para-hydroxylation sites is 1. The molecule has 1 heterocycles. The van der Waals surface area contributed by atoms with E-state index in [1.54, 1.807) is 25.4 Å². The monoisotopic (exact) mass is 371 g/mol. The second kappa shape index (κ2) is 8.97. The number of methoxy groups -OCH3 is 1. The van der Waals surface area contributed by atoms with Crippen molar-refractivity contribution in [1.29, 1.82) is 0 Å². The largest absolute Gasteiger partial charge is 0.496 e. The van der Waals surface area contributed by atoms with Crippen LogP contribution in [0.15, 0.2) is 42.6 Å². The lowest BCUT2D eigenvalue weighted by atomic mass is 9.96. The number of nitrogens with zero attached hydrogens (tertiary/aromatic N) is 1. The second-order valence-corrected chi connectivity index (χ2v) is 7.65. The predicted molar refractivity (Wildman–Crippen MR) is 106 cm³/mol. The minimum atomic E-state index is -0.842. The van der Waals surface area contributed by atoms with Gasteiger partial charge in [0.25, 0.3) is 5.91 Å². The Morgan fingerprint density at radius 1 is 1.22 bits per heavy atom. The number of rotatable bonds is 7. The molecule has 146 valence electrons. The van der Waals surface area contributed by atoms with Crippen LogP contribution < -0.4 is 15.8 Å². The van der Waals surface area contributed by atoms with Gasteiger partial charge >= 0.3 is 0 Å². The molecular weight excluding hydrogens is 342 g/mol. The molecule has 1 amide bonds. The molecule has 2 aromatic rings. The van der Waals surface area contributed by atoms with Gasteiger partial charge in [0.1, 0.15) is 5.75 Å². The van der Waals surface area contributed by atoms with Gasteiger partial charge in [0, 0.05) is 24.2 Å². The van der Waals surface area contributed by atoms with Crippen molar-refractivity contribution in [1.82, 2.24) is 10.3 Å². The lowest BCUT2D eigenvalue weighted by Crippen LogP contribution is -2.42. The number of hydrogen-bond acceptors (Lipinski definition) is 5. The van der Waals surface area contributed by atoms with Crippen molar-refractivity contribution >= 4 is 5.91 Å². The summed E-state index contributed by atoms with van der Waals surface area (Å²) in [7, 11) is 1.61. The first-order valence-corrected chi connectivity index (χ1v) is 9.03. The van der Waals surface area contributed by atoms with Crippen molar-refractivity contribution in [2.45, 2.75) is 51.3 Å². The van der Waals surface area contributed by atoms with Gasteiger partial charge in [0.05, 0.1) is 24.5 Å². The van der Waals surface area contributed by atoms with Crippen molar-refractivity contribution in [3.05, 3.63) is 59.4 Å². The fraction of sp³-hybridized carbons (Fsp3) is 0.429. The third-order valence-corrected chi connectivity index (χ3v) is 4.17. The molecule has 0 radical (unpaired) electrons. The number of pyridine rings is 1. The minimum Gasteiger partial charge on any atom is -0.496 e. The first-order chi connectivity index (χ1) is 12.7. The fourth-order valence-corrected chi connectivity index (χ4v) is 2.83. The minimum absolute atomic E-state index is 0.198. The second-order valence-electron chi connectivity index (χ2n) is 7.65. The number of nitrogens with one attached hydrogen (secondary N) is 1. The maximum Gasteiger partial charge on any atom is 0.253 e. The van der Waals surface area contributed by atoms with Gasteiger partial charge in [-0.25, -0.2) is 0 Å². The smallest absolute Gasteiger partial charge is 0.253 e. The van der Waals surface area contributed by atoms with Gasteiger partial charge in [0.2, 0.25) is 0 Å². The number of amides is 1. The summed E-state index contributed by atoms with van der Waals surface area (Å²) in [5.41, 5.74) is 7.77. The molecule has 1 aromatic carbocycles. The number of nitrogens with two attached hydrogens (primary N) is 1. The number of aliphatic hydroxyl groups excluding tert-OH is 1. The molecule has 6 heteroatoms. The summed E-state index contributed by atoms with van der Waals surface area (Å²) in [6.45, 7) is 5.75. The van der Waals surface area contributed by atoms with Crippen LogP contribution in [0.25, 0.3) is 0 Å². The zero-order chi connectivity index (χ0) is 20.0. The average Bonchev–Trinajstić information content (AvgIpc) is 2.61. The van der Waals surface area contributed by atoms with Crippen molar-refractivity contribution in [2.75, 3.05) is 7.11 Å². The van der Waals surface area contributed by atoms with Crippen molar-refractivity contribution in [3.63, 3.8) is 0 Å². The molecule has 2 atom stereocenters. The Labute approximate surface area is 160 Å². The van der Waals surface area contributed by atoms with Gasteiger partial charge in [-0.15, -0.1) is 0 Å². The average molecular weight is 371 g/mol. The van der Waals surface area contributed by atoms with Crippen molar-refractivity contribution < 1.29 is 14.6 Å². The number of aromatic nitrogens is 1. The van der Waals surface area contributed by atoms with E-state index in [2.05, 4.69) is 10.3 Å². The summed E-state index contributed by atoms with van der Waals surface area (Å²) >= 11 is 0. The highest BCUT2D eigenvalue weighted by molar-refractivity contribution is 5.95. The van der Waals surface area contributed by atoms with Crippen molar-refractivity contribution in [3.8, 4) is 5.75 Å². The van der Waals surface area contributed by atoms with E-state index in [9.17, 15) is 9.90 Å².